The Kier molecular flexibility index (Phi) is 4.08. The van der Waals surface area contributed by atoms with Crippen molar-refractivity contribution in [2.75, 3.05) is 5.32 Å². The van der Waals surface area contributed by atoms with E-state index in [2.05, 4.69) is 25.4 Å². The van der Waals surface area contributed by atoms with Crippen LogP contribution in [0.1, 0.15) is 15.4 Å². The van der Waals surface area contributed by atoms with Crippen LogP contribution >= 0.6 is 22.7 Å². The van der Waals surface area contributed by atoms with Crippen LogP contribution in [0.5, 0.6) is 0 Å². The van der Waals surface area contributed by atoms with Crippen LogP contribution < -0.4 is 5.32 Å². The van der Waals surface area contributed by atoms with Crippen molar-refractivity contribution < 1.29 is 4.79 Å². The van der Waals surface area contributed by atoms with E-state index in [9.17, 15) is 4.79 Å². The Morgan fingerprint density at radius 2 is 2.20 bits per heavy atom. The highest BCUT2D eigenvalue weighted by Crippen LogP contribution is 2.31. The van der Waals surface area contributed by atoms with Crippen LogP contribution in [0.2, 0.25) is 0 Å². The normalized spacial score (nSPS) is 10.8. The second kappa shape index (κ2) is 6.54. The van der Waals surface area contributed by atoms with Gasteiger partial charge >= 0.3 is 0 Å². The van der Waals surface area contributed by atoms with Crippen LogP contribution in [0, 0.1) is 6.92 Å². The van der Waals surface area contributed by atoms with Gasteiger partial charge in [0.25, 0.3) is 5.91 Å². The van der Waals surface area contributed by atoms with E-state index in [0.717, 1.165) is 9.88 Å². The number of nitrogens with one attached hydrogen (secondary N) is 1. The largest absolute Gasteiger partial charge is 0.306 e. The lowest BCUT2D eigenvalue weighted by Crippen LogP contribution is -2.13. The van der Waals surface area contributed by atoms with E-state index in [1.807, 2.05) is 24.4 Å². The maximum Gasteiger partial charge on any atom is 0.268 e. The zero-order valence-corrected chi connectivity index (χ0v) is 14.7. The van der Waals surface area contributed by atoms with Crippen molar-refractivity contribution in [2.24, 2.45) is 0 Å². The molecule has 25 heavy (non-hydrogen) atoms. The molecule has 9 heteroatoms. The fraction of sp³-hybridized carbons (Fsp3) is 0.0625. The molecule has 1 amide bonds. The SMILES string of the molecule is Cc1nc(-c2cccs2)sc1C(=O)Nc1cc(-n2cccn2)ncn1. The first-order chi connectivity index (χ1) is 12.2. The molecule has 0 aliphatic heterocycles. The number of hydrogen-bond acceptors (Lipinski definition) is 7. The van der Waals surface area contributed by atoms with Gasteiger partial charge in [0.05, 0.1) is 10.6 Å². The molecule has 7 nitrogen and oxygen atoms in total. The van der Waals surface area contributed by atoms with Gasteiger partial charge in [-0.05, 0) is 24.4 Å². The molecule has 4 aromatic heterocycles. The molecule has 4 aromatic rings. The minimum absolute atomic E-state index is 0.233. The second-order valence-electron chi connectivity index (χ2n) is 5.08. The van der Waals surface area contributed by atoms with Gasteiger partial charge in [-0.1, -0.05) is 6.07 Å². The first kappa shape index (κ1) is 15.6. The third-order valence-corrected chi connectivity index (χ3v) is 5.56. The van der Waals surface area contributed by atoms with E-state index in [4.69, 9.17) is 0 Å². The quantitative estimate of drug-likeness (QED) is 0.597. The molecule has 0 atom stereocenters. The first-order valence-electron chi connectivity index (χ1n) is 7.35. The van der Waals surface area contributed by atoms with E-state index in [-0.39, 0.29) is 5.91 Å². The average molecular weight is 368 g/mol. The summed E-state index contributed by atoms with van der Waals surface area (Å²) in [5.41, 5.74) is 0.701. The minimum atomic E-state index is -0.233. The Hall–Kier alpha value is -2.91. The van der Waals surface area contributed by atoms with E-state index in [0.29, 0.717) is 22.2 Å². The lowest BCUT2D eigenvalue weighted by atomic mass is 10.3. The van der Waals surface area contributed by atoms with E-state index in [1.165, 1.54) is 17.7 Å². The highest BCUT2D eigenvalue weighted by molar-refractivity contribution is 7.22. The molecule has 0 spiro atoms. The number of aryl methyl sites for hydroxylation is 1. The molecule has 0 aliphatic rings. The van der Waals surface area contributed by atoms with Gasteiger partial charge in [0.15, 0.2) is 5.82 Å². The van der Waals surface area contributed by atoms with Gasteiger partial charge in [-0.2, -0.15) is 5.10 Å². The predicted octanol–water partition coefficient (Wildman–Crippen LogP) is 3.41. The van der Waals surface area contributed by atoms with Crippen molar-refractivity contribution in [3.8, 4) is 15.7 Å². The summed E-state index contributed by atoms with van der Waals surface area (Å²) in [5.74, 6) is 0.759. The molecule has 124 valence electrons. The average Bonchev–Trinajstić information content (AvgIpc) is 3.36. The number of nitrogens with zero attached hydrogens (tertiary/aromatic N) is 5. The maximum atomic E-state index is 12.6. The van der Waals surface area contributed by atoms with Gasteiger partial charge in [0.1, 0.15) is 22.0 Å². The van der Waals surface area contributed by atoms with Crippen molar-refractivity contribution in [3.05, 3.63) is 58.9 Å². The van der Waals surface area contributed by atoms with Crippen molar-refractivity contribution in [1.29, 1.82) is 0 Å². The summed E-state index contributed by atoms with van der Waals surface area (Å²) in [7, 11) is 0. The molecule has 0 radical (unpaired) electrons. The van der Waals surface area contributed by atoms with Crippen molar-refractivity contribution in [1.82, 2.24) is 24.7 Å². The molecular formula is C16H12N6OS2. The lowest BCUT2D eigenvalue weighted by Gasteiger charge is -2.05. The molecule has 0 unspecified atom stereocenters. The molecule has 0 bridgehead atoms. The highest BCUT2D eigenvalue weighted by atomic mass is 32.1. The maximum absolute atomic E-state index is 12.6. The topological polar surface area (TPSA) is 85.6 Å². The summed E-state index contributed by atoms with van der Waals surface area (Å²) >= 11 is 2.97. The Morgan fingerprint density at radius 3 is 2.96 bits per heavy atom. The standard InChI is InChI=1S/C16H12N6OS2/c1-10-14(25-16(20-10)11-4-2-7-24-11)15(23)21-12-8-13(18-9-17-12)22-6-3-5-19-22/h2-9H,1H3,(H,17,18,21,23). The number of aromatic nitrogens is 5. The number of rotatable bonds is 4. The third-order valence-electron chi connectivity index (χ3n) is 3.37. The molecule has 4 rings (SSSR count). The number of thiazole rings is 1. The molecule has 0 aromatic carbocycles. The molecule has 0 fully saturated rings. The zero-order valence-electron chi connectivity index (χ0n) is 13.1. The summed E-state index contributed by atoms with van der Waals surface area (Å²) in [6.45, 7) is 1.83. The first-order valence-corrected chi connectivity index (χ1v) is 9.05. The van der Waals surface area contributed by atoms with Gasteiger partial charge in [0.2, 0.25) is 0 Å². The van der Waals surface area contributed by atoms with Crippen molar-refractivity contribution in [2.45, 2.75) is 6.92 Å². The van der Waals surface area contributed by atoms with Gasteiger partial charge in [0, 0.05) is 18.5 Å². The molecular weight excluding hydrogens is 356 g/mol. The third kappa shape index (κ3) is 3.19. The Bertz CT molecular complexity index is 1010. The summed E-state index contributed by atoms with van der Waals surface area (Å²) in [6, 6.07) is 7.42. The lowest BCUT2D eigenvalue weighted by molar-refractivity contribution is 0.102. The van der Waals surface area contributed by atoms with Crippen LogP contribution in [0.3, 0.4) is 0 Å². The van der Waals surface area contributed by atoms with Crippen molar-refractivity contribution >= 4 is 34.4 Å². The molecule has 0 saturated carbocycles. The minimum Gasteiger partial charge on any atom is -0.306 e. The Labute approximate surface area is 151 Å². The number of amides is 1. The fourth-order valence-electron chi connectivity index (χ4n) is 2.23. The van der Waals surface area contributed by atoms with Crippen LogP contribution in [-0.2, 0) is 0 Å². The molecule has 4 heterocycles. The van der Waals surface area contributed by atoms with Gasteiger partial charge in [-0.3, -0.25) is 4.79 Å². The van der Waals surface area contributed by atoms with E-state index < -0.39 is 0 Å². The number of carbonyl (C=O) groups excluding carboxylic acids is 1. The summed E-state index contributed by atoms with van der Waals surface area (Å²) in [5, 5.41) is 9.75. The van der Waals surface area contributed by atoms with Crippen molar-refractivity contribution in [3.63, 3.8) is 0 Å². The van der Waals surface area contributed by atoms with E-state index >= 15 is 0 Å². The smallest absolute Gasteiger partial charge is 0.268 e. The number of thiophene rings is 1. The van der Waals surface area contributed by atoms with Crippen LogP contribution in [0.15, 0.2) is 48.4 Å². The number of hydrogen-bond donors (Lipinski definition) is 1. The van der Waals surface area contributed by atoms with E-state index in [1.54, 1.807) is 40.5 Å². The Morgan fingerprint density at radius 1 is 1.28 bits per heavy atom. The fourth-order valence-corrected chi connectivity index (χ4v) is 3.99. The highest BCUT2D eigenvalue weighted by Gasteiger charge is 2.17. The summed E-state index contributed by atoms with van der Waals surface area (Å²) < 4.78 is 1.60. The van der Waals surface area contributed by atoms with Crippen LogP contribution in [0.25, 0.3) is 15.7 Å². The molecule has 1 N–H and O–H groups in total. The summed E-state index contributed by atoms with van der Waals surface area (Å²) in [4.78, 5) is 27.0. The Balaban J connectivity index is 1.58. The van der Waals surface area contributed by atoms with Gasteiger partial charge in [-0.25, -0.2) is 19.6 Å². The molecule has 0 saturated heterocycles. The van der Waals surface area contributed by atoms with Crippen LogP contribution in [0.4, 0.5) is 5.82 Å². The zero-order chi connectivity index (χ0) is 17.2. The second-order valence-corrected chi connectivity index (χ2v) is 7.02. The van der Waals surface area contributed by atoms with Gasteiger partial charge < -0.3 is 5.32 Å². The monoisotopic (exact) mass is 368 g/mol. The predicted molar refractivity (Wildman–Crippen MR) is 97.3 cm³/mol. The van der Waals surface area contributed by atoms with Crippen LogP contribution in [-0.4, -0.2) is 30.6 Å². The van der Waals surface area contributed by atoms with Gasteiger partial charge in [-0.15, -0.1) is 22.7 Å². The number of anilines is 1. The summed E-state index contributed by atoms with van der Waals surface area (Å²) in [6.07, 6.45) is 4.82. The molecule has 0 aliphatic carbocycles. The number of carbonyl (C=O) groups is 1.